The Labute approximate surface area is 76.6 Å². The molecular formula is C9H6O3Si. The molecule has 0 amide bonds. The van der Waals surface area contributed by atoms with Gasteiger partial charge >= 0.3 is 5.63 Å². The summed E-state index contributed by atoms with van der Waals surface area (Å²) in [5.74, 6) is 0. The van der Waals surface area contributed by atoms with Gasteiger partial charge in [-0.1, -0.05) is 18.2 Å². The van der Waals surface area contributed by atoms with Crippen LogP contribution < -0.4 is 10.8 Å². The van der Waals surface area contributed by atoms with Gasteiger partial charge in [0.2, 0.25) is 0 Å². The topological polar surface area (TPSA) is 50.4 Å². The summed E-state index contributed by atoms with van der Waals surface area (Å²) in [7, 11) is -0.514. The highest BCUT2D eigenvalue weighted by Crippen LogP contribution is 2.08. The van der Waals surface area contributed by atoms with Crippen molar-refractivity contribution in [3.8, 4) is 0 Å². The third-order valence-electron chi connectivity index (χ3n) is 1.76. The Hall–Kier alpha value is -1.39. The molecule has 0 spiro atoms. The molecule has 0 aliphatic carbocycles. The van der Waals surface area contributed by atoms with Gasteiger partial charge in [-0.2, -0.15) is 0 Å². The second kappa shape index (κ2) is 3.16. The molecule has 1 N–H and O–H groups in total. The van der Waals surface area contributed by atoms with Crippen LogP contribution in [-0.4, -0.2) is 14.6 Å². The number of benzene rings is 1. The smallest absolute Gasteiger partial charge is 0.337 e. The normalized spacial score (nSPS) is 10.5. The quantitative estimate of drug-likeness (QED) is 0.510. The van der Waals surface area contributed by atoms with Gasteiger partial charge in [0.05, 0.1) is 5.19 Å². The number of hydrogen-bond acceptors (Lipinski definition) is 3. The lowest BCUT2D eigenvalue weighted by Crippen LogP contribution is -2.29. The molecule has 0 aliphatic rings. The van der Waals surface area contributed by atoms with Crippen LogP contribution >= 0.6 is 0 Å². The van der Waals surface area contributed by atoms with Crippen LogP contribution in [0.1, 0.15) is 0 Å². The van der Waals surface area contributed by atoms with Gasteiger partial charge in [-0.25, -0.2) is 4.79 Å². The zero-order valence-corrected chi connectivity index (χ0v) is 7.65. The van der Waals surface area contributed by atoms with Crippen molar-refractivity contribution in [2.24, 2.45) is 0 Å². The van der Waals surface area contributed by atoms with Crippen LogP contribution in [-0.2, 0) is 0 Å². The van der Waals surface area contributed by atoms with E-state index in [-0.39, 0.29) is 0 Å². The largest absolute Gasteiger partial charge is 0.427 e. The Morgan fingerprint density at radius 2 is 2.08 bits per heavy atom. The van der Waals surface area contributed by atoms with Crippen molar-refractivity contribution in [3.05, 3.63) is 40.8 Å². The molecule has 1 aromatic heterocycles. The molecule has 13 heavy (non-hydrogen) atoms. The number of rotatable bonds is 1. The Balaban J connectivity index is 2.81. The van der Waals surface area contributed by atoms with Crippen molar-refractivity contribution >= 4 is 25.9 Å². The molecule has 4 heteroatoms. The van der Waals surface area contributed by atoms with E-state index < -0.39 is 15.4 Å². The summed E-state index contributed by atoms with van der Waals surface area (Å²) in [4.78, 5) is 20.0. The van der Waals surface area contributed by atoms with Crippen molar-refractivity contribution in [2.45, 2.75) is 0 Å². The van der Waals surface area contributed by atoms with E-state index in [4.69, 9.17) is 9.21 Å². The summed E-state index contributed by atoms with van der Waals surface area (Å²) in [6.45, 7) is 0. The molecular weight excluding hydrogens is 184 g/mol. The Morgan fingerprint density at radius 3 is 2.85 bits per heavy atom. The van der Waals surface area contributed by atoms with Crippen LogP contribution in [0, 0.1) is 0 Å². The predicted octanol–water partition coefficient (Wildman–Crippen LogP) is 0.0298. The van der Waals surface area contributed by atoms with E-state index in [1.807, 2.05) is 12.1 Å². The fourth-order valence-corrected chi connectivity index (χ4v) is 1.50. The maximum atomic E-state index is 11.1. The molecule has 64 valence electrons. The average Bonchev–Trinajstić information content (AvgIpc) is 2.17. The van der Waals surface area contributed by atoms with Gasteiger partial charge in [0.1, 0.15) is 5.58 Å². The van der Waals surface area contributed by atoms with Crippen LogP contribution in [0.15, 0.2) is 39.5 Å². The van der Waals surface area contributed by atoms with E-state index in [0.29, 0.717) is 10.8 Å². The van der Waals surface area contributed by atoms with Gasteiger partial charge in [0, 0.05) is 5.39 Å². The van der Waals surface area contributed by atoms with Gasteiger partial charge in [-0.15, -0.1) is 0 Å². The van der Waals surface area contributed by atoms with Crippen LogP contribution in [0.4, 0.5) is 0 Å². The minimum Gasteiger partial charge on any atom is -0.427 e. The molecule has 3 nitrogen and oxygen atoms in total. The second-order valence-corrected chi connectivity index (χ2v) is 3.36. The summed E-state index contributed by atoms with van der Waals surface area (Å²) in [5, 5.41) is 1.15. The molecule has 0 fully saturated rings. The lowest BCUT2D eigenvalue weighted by atomic mass is 10.2. The van der Waals surface area contributed by atoms with E-state index in [1.165, 1.54) is 0 Å². The number of hydrogen-bond donors (Lipinski definition) is 1. The maximum absolute atomic E-state index is 11.1. The summed E-state index contributed by atoms with van der Waals surface area (Å²) in [6.07, 6.45) is 0. The Bertz CT molecular complexity index is 489. The lowest BCUT2D eigenvalue weighted by molar-refractivity contribution is 0.561. The van der Waals surface area contributed by atoms with Gasteiger partial charge in [-0.3, -0.25) is 0 Å². The first-order valence-electron chi connectivity index (χ1n) is 3.74. The maximum Gasteiger partial charge on any atom is 0.337 e. The molecule has 0 saturated carbocycles. The Kier molecular flexibility index (Phi) is 2.00. The molecule has 1 heterocycles. The standard InChI is InChI=1S/C9H6O3Si/c10-9-8(13-11)5-6-3-1-2-4-7(6)12-9/h1-5,11H. The van der Waals surface area contributed by atoms with Crippen LogP contribution in [0.5, 0.6) is 0 Å². The van der Waals surface area contributed by atoms with E-state index in [9.17, 15) is 4.79 Å². The van der Waals surface area contributed by atoms with Crippen LogP contribution in [0.2, 0.25) is 0 Å². The molecule has 2 rings (SSSR count). The monoisotopic (exact) mass is 190 g/mol. The molecule has 0 saturated heterocycles. The summed E-state index contributed by atoms with van der Waals surface area (Å²) in [5.41, 5.74) is 0.0917. The first-order chi connectivity index (χ1) is 6.31. The van der Waals surface area contributed by atoms with Crippen molar-refractivity contribution < 1.29 is 9.21 Å². The van der Waals surface area contributed by atoms with Gasteiger partial charge in [0.25, 0.3) is 9.76 Å². The molecule has 0 aliphatic heterocycles. The minimum absolute atomic E-state index is 0.318. The molecule has 1 aromatic carbocycles. The molecule has 0 atom stereocenters. The first kappa shape index (κ1) is 8.22. The molecule has 0 bridgehead atoms. The van der Waals surface area contributed by atoms with E-state index >= 15 is 0 Å². The van der Waals surface area contributed by atoms with E-state index in [0.717, 1.165) is 5.39 Å². The van der Waals surface area contributed by atoms with Crippen LogP contribution in [0.25, 0.3) is 11.0 Å². The zero-order valence-electron chi connectivity index (χ0n) is 6.65. The third kappa shape index (κ3) is 1.41. The van der Waals surface area contributed by atoms with Gasteiger partial charge in [0.15, 0.2) is 0 Å². The predicted molar refractivity (Wildman–Crippen MR) is 50.1 cm³/mol. The van der Waals surface area contributed by atoms with Crippen molar-refractivity contribution in [2.75, 3.05) is 0 Å². The van der Waals surface area contributed by atoms with Crippen molar-refractivity contribution in [1.82, 2.24) is 0 Å². The second-order valence-electron chi connectivity index (χ2n) is 2.60. The van der Waals surface area contributed by atoms with Crippen LogP contribution in [0.3, 0.4) is 0 Å². The summed E-state index contributed by atoms with van der Waals surface area (Å²) in [6, 6.07) is 8.86. The Morgan fingerprint density at radius 1 is 1.31 bits per heavy atom. The van der Waals surface area contributed by atoms with E-state index in [1.54, 1.807) is 18.2 Å². The van der Waals surface area contributed by atoms with E-state index in [2.05, 4.69) is 0 Å². The van der Waals surface area contributed by atoms with Gasteiger partial charge in [-0.05, 0) is 12.1 Å². The van der Waals surface area contributed by atoms with Crippen molar-refractivity contribution in [3.63, 3.8) is 0 Å². The molecule has 2 radical (unpaired) electrons. The SMILES string of the molecule is O=c1oc2ccccc2cc1[Si]O. The number of fused-ring (bicyclic) bond motifs is 1. The molecule has 0 unspecified atom stereocenters. The number of para-hydroxylation sites is 1. The lowest BCUT2D eigenvalue weighted by Gasteiger charge is -1.96. The first-order valence-corrected chi connectivity index (χ1v) is 4.69. The summed E-state index contributed by atoms with van der Waals surface area (Å²) < 4.78 is 4.98. The third-order valence-corrected chi connectivity index (χ3v) is 2.35. The van der Waals surface area contributed by atoms with Gasteiger partial charge < -0.3 is 9.21 Å². The highest BCUT2D eigenvalue weighted by molar-refractivity contribution is 6.45. The highest BCUT2D eigenvalue weighted by Gasteiger charge is 2.03. The fourth-order valence-electron chi connectivity index (χ4n) is 1.14. The van der Waals surface area contributed by atoms with Crippen molar-refractivity contribution in [1.29, 1.82) is 0 Å². The molecule has 2 aromatic rings. The fraction of sp³-hybridized carbons (Fsp3) is 0. The highest BCUT2D eigenvalue weighted by atomic mass is 28.2. The summed E-state index contributed by atoms with van der Waals surface area (Å²) >= 11 is 0. The average molecular weight is 190 g/mol. The minimum atomic E-state index is -0.514. The zero-order chi connectivity index (χ0) is 9.26.